The summed E-state index contributed by atoms with van der Waals surface area (Å²) in [6, 6.07) is 7.94. The zero-order valence-electron chi connectivity index (χ0n) is 10.9. The van der Waals surface area contributed by atoms with Crippen LogP contribution in [0.5, 0.6) is 0 Å². The molecule has 5 nitrogen and oxygen atoms in total. The molecule has 0 bridgehead atoms. The summed E-state index contributed by atoms with van der Waals surface area (Å²) in [5, 5.41) is 0. The Balaban J connectivity index is 2.16. The van der Waals surface area contributed by atoms with E-state index in [0.29, 0.717) is 16.6 Å². The lowest BCUT2D eigenvalue weighted by Gasteiger charge is -2.05. The van der Waals surface area contributed by atoms with Crippen LogP contribution < -0.4 is 11.4 Å². The third-order valence-electron chi connectivity index (χ3n) is 3.15. The quantitative estimate of drug-likeness (QED) is 0.746. The number of imidazole rings is 1. The number of nitrogens with zero attached hydrogens (tertiary/aromatic N) is 2. The molecule has 0 saturated heterocycles. The van der Waals surface area contributed by atoms with Crippen molar-refractivity contribution in [2.24, 2.45) is 0 Å². The second-order valence-corrected chi connectivity index (χ2v) is 4.69. The third-order valence-corrected chi connectivity index (χ3v) is 3.15. The number of hydrogen-bond donors (Lipinski definition) is 2. The van der Waals surface area contributed by atoms with E-state index < -0.39 is 0 Å². The van der Waals surface area contributed by atoms with Crippen molar-refractivity contribution < 1.29 is 4.39 Å². The zero-order valence-corrected chi connectivity index (χ0v) is 10.9. The number of aromatic nitrogens is 3. The summed E-state index contributed by atoms with van der Waals surface area (Å²) in [4.78, 5) is 18.8. The first-order valence-corrected chi connectivity index (χ1v) is 6.14. The van der Waals surface area contributed by atoms with Crippen LogP contribution in [-0.2, 0) is 6.54 Å². The van der Waals surface area contributed by atoms with Crippen LogP contribution in [0.4, 0.5) is 10.2 Å². The van der Waals surface area contributed by atoms with Gasteiger partial charge >= 0.3 is 5.69 Å². The van der Waals surface area contributed by atoms with Gasteiger partial charge in [-0.25, -0.2) is 14.2 Å². The van der Waals surface area contributed by atoms with Crippen LogP contribution in [0.2, 0.25) is 0 Å². The summed E-state index contributed by atoms with van der Waals surface area (Å²) in [6.07, 6.45) is 0. The van der Waals surface area contributed by atoms with E-state index in [1.165, 1.54) is 16.7 Å². The lowest BCUT2D eigenvalue weighted by atomic mass is 10.2. The molecule has 0 fully saturated rings. The monoisotopic (exact) mass is 272 g/mol. The van der Waals surface area contributed by atoms with Crippen molar-refractivity contribution in [2.45, 2.75) is 13.5 Å². The van der Waals surface area contributed by atoms with Gasteiger partial charge in [0, 0.05) is 5.69 Å². The summed E-state index contributed by atoms with van der Waals surface area (Å²) in [7, 11) is 0. The lowest BCUT2D eigenvalue weighted by molar-refractivity contribution is 0.623. The molecular formula is C14H13FN4O. The molecule has 3 aromatic rings. The van der Waals surface area contributed by atoms with E-state index in [-0.39, 0.29) is 23.9 Å². The van der Waals surface area contributed by atoms with Crippen molar-refractivity contribution in [3.63, 3.8) is 0 Å². The fourth-order valence-corrected chi connectivity index (χ4v) is 2.28. The number of benzene rings is 1. The van der Waals surface area contributed by atoms with Crippen LogP contribution in [-0.4, -0.2) is 14.5 Å². The molecule has 0 saturated carbocycles. The maximum atomic E-state index is 13.2. The second kappa shape index (κ2) is 4.48. The summed E-state index contributed by atoms with van der Waals surface area (Å²) in [6.45, 7) is 2.08. The number of aromatic amines is 1. The second-order valence-electron chi connectivity index (χ2n) is 4.69. The average molecular weight is 272 g/mol. The molecule has 20 heavy (non-hydrogen) atoms. The highest BCUT2D eigenvalue weighted by Gasteiger charge is 2.11. The van der Waals surface area contributed by atoms with Gasteiger partial charge in [-0.05, 0) is 30.7 Å². The van der Waals surface area contributed by atoms with Gasteiger partial charge in [-0.1, -0.05) is 12.1 Å². The minimum atomic E-state index is -0.326. The van der Waals surface area contributed by atoms with Gasteiger partial charge in [-0.3, -0.25) is 4.57 Å². The number of pyridine rings is 1. The highest BCUT2D eigenvalue weighted by Crippen LogP contribution is 2.18. The van der Waals surface area contributed by atoms with Gasteiger partial charge in [0.25, 0.3) is 0 Å². The molecule has 2 aromatic heterocycles. The van der Waals surface area contributed by atoms with E-state index in [9.17, 15) is 9.18 Å². The van der Waals surface area contributed by atoms with E-state index in [1.807, 2.05) is 0 Å². The molecule has 3 N–H and O–H groups in total. The van der Waals surface area contributed by atoms with Crippen LogP contribution >= 0.6 is 0 Å². The minimum absolute atomic E-state index is 0.277. The van der Waals surface area contributed by atoms with Gasteiger partial charge in [0.1, 0.15) is 17.2 Å². The Morgan fingerprint density at radius 2 is 2.20 bits per heavy atom. The highest BCUT2D eigenvalue weighted by atomic mass is 19.1. The Morgan fingerprint density at radius 1 is 1.40 bits per heavy atom. The van der Waals surface area contributed by atoms with Crippen LogP contribution in [0.3, 0.4) is 0 Å². The first-order chi connectivity index (χ1) is 9.54. The Morgan fingerprint density at radius 3 is 2.95 bits per heavy atom. The molecule has 0 amide bonds. The van der Waals surface area contributed by atoms with Crippen molar-refractivity contribution in [3.05, 3.63) is 57.9 Å². The standard InChI is InChI=1S/C14H13FN4O/c1-8-5-11-12(13(16)17-8)18-14(20)19(11)7-9-3-2-4-10(15)6-9/h2-6H,7H2,1H3,(H2,16,17)(H,18,20). The van der Waals surface area contributed by atoms with Crippen LogP contribution in [0, 0.1) is 12.7 Å². The number of anilines is 1. The molecule has 0 radical (unpaired) electrons. The minimum Gasteiger partial charge on any atom is -0.382 e. The zero-order chi connectivity index (χ0) is 14.3. The van der Waals surface area contributed by atoms with Crippen molar-refractivity contribution >= 4 is 16.9 Å². The predicted octanol–water partition coefficient (Wildman–Crippen LogP) is 1.80. The van der Waals surface area contributed by atoms with Crippen molar-refractivity contribution in [3.8, 4) is 0 Å². The number of halogens is 1. The fourth-order valence-electron chi connectivity index (χ4n) is 2.28. The molecule has 0 unspecified atom stereocenters. The van der Waals surface area contributed by atoms with E-state index in [4.69, 9.17) is 5.73 Å². The molecular weight excluding hydrogens is 259 g/mol. The van der Waals surface area contributed by atoms with Gasteiger partial charge in [0.2, 0.25) is 0 Å². The third kappa shape index (κ3) is 2.05. The maximum Gasteiger partial charge on any atom is 0.326 e. The highest BCUT2D eigenvalue weighted by molar-refractivity contribution is 5.85. The van der Waals surface area contributed by atoms with Gasteiger partial charge in [0.05, 0.1) is 12.1 Å². The number of rotatable bonds is 2. The molecule has 6 heteroatoms. The number of nitrogen functional groups attached to an aromatic ring is 1. The van der Waals surface area contributed by atoms with E-state index in [0.717, 1.165) is 5.69 Å². The van der Waals surface area contributed by atoms with Crippen LogP contribution in [0.15, 0.2) is 35.1 Å². The SMILES string of the molecule is Cc1cc2c([nH]c(=O)n2Cc2cccc(F)c2)c(N)n1. The average Bonchev–Trinajstić information content (AvgIpc) is 2.68. The summed E-state index contributed by atoms with van der Waals surface area (Å²) >= 11 is 0. The molecule has 0 aliphatic rings. The Hall–Kier alpha value is -2.63. The van der Waals surface area contributed by atoms with E-state index in [1.54, 1.807) is 25.1 Å². The molecule has 102 valence electrons. The first kappa shape index (κ1) is 12.4. The van der Waals surface area contributed by atoms with Gasteiger partial charge in [-0.2, -0.15) is 0 Å². The molecule has 1 aromatic carbocycles. The number of nitrogens with two attached hydrogens (primary N) is 1. The smallest absolute Gasteiger partial charge is 0.326 e. The summed E-state index contributed by atoms with van der Waals surface area (Å²) in [5.41, 5.74) is 8.13. The maximum absolute atomic E-state index is 13.2. The molecule has 2 heterocycles. The Labute approximate surface area is 113 Å². The molecule has 0 spiro atoms. The Bertz CT molecular complexity index is 850. The lowest BCUT2D eigenvalue weighted by Crippen LogP contribution is -2.17. The number of nitrogens with one attached hydrogen (secondary N) is 1. The number of H-pyrrole nitrogens is 1. The molecule has 0 atom stereocenters. The van der Waals surface area contributed by atoms with Gasteiger partial charge in [-0.15, -0.1) is 0 Å². The van der Waals surface area contributed by atoms with Crippen molar-refractivity contribution in [1.82, 2.24) is 14.5 Å². The van der Waals surface area contributed by atoms with Gasteiger partial charge in [0.15, 0.2) is 0 Å². The van der Waals surface area contributed by atoms with E-state index >= 15 is 0 Å². The molecule has 0 aliphatic carbocycles. The summed E-state index contributed by atoms with van der Waals surface area (Å²) < 4.78 is 14.7. The van der Waals surface area contributed by atoms with Crippen LogP contribution in [0.25, 0.3) is 11.0 Å². The first-order valence-electron chi connectivity index (χ1n) is 6.14. The van der Waals surface area contributed by atoms with Gasteiger partial charge < -0.3 is 10.7 Å². The van der Waals surface area contributed by atoms with Crippen LogP contribution in [0.1, 0.15) is 11.3 Å². The van der Waals surface area contributed by atoms with Crippen molar-refractivity contribution in [1.29, 1.82) is 0 Å². The van der Waals surface area contributed by atoms with Crippen molar-refractivity contribution in [2.75, 3.05) is 5.73 Å². The molecule has 3 rings (SSSR count). The normalized spacial score (nSPS) is 11.1. The molecule has 0 aliphatic heterocycles. The topological polar surface area (TPSA) is 76.7 Å². The number of aryl methyl sites for hydroxylation is 1. The number of fused-ring (bicyclic) bond motifs is 1. The number of hydrogen-bond acceptors (Lipinski definition) is 3. The Kier molecular flexibility index (Phi) is 2.78. The predicted molar refractivity (Wildman–Crippen MR) is 75.0 cm³/mol. The fraction of sp³-hybridized carbons (Fsp3) is 0.143. The summed E-state index contributed by atoms with van der Waals surface area (Å²) in [5.74, 6) is -0.0390. The van der Waals surface area contributed by atoms with E-state index in [2.05, 4.69) is 9.97 Å². The largest absolute Gasteiger partial charge is 0.382 e.